The van der Waals surface area contributed by atoms with Gasteiger partial charge >= 0.3 is 0 Å². The van der Waals surface area contributed by atoms with Crippen molar-refractivity contribution in [3.05, 3.63) is 53.6 Å². The molecule has 2 aromatic carbocycles. The number of methoxy groups -OCH3 is 2. The van der Waals surface area contributed by atoms with Gasteiger partial charge in [-0.05, 0) is 28.0 Å². The van der Waals surface area contributed by atoms with E-state index >= 15 is 0 Å². The van der Waals surface area contributed by atoms with Gasteiger partial charge in [-0.2, -0.15) is 4.68 Å². The fourth-order valence-electron chi connectivity index (χ4n) is 3.27. The van der Waals surface area contributed by atoms with Crippen LogP contribution in [0, 0.1) is 0 Å². The van der Waals surface area contributed by atoms with Crippen molar-refractivity contribution < 1.29 is 14.3 Å². The van der Waals surface area contributed by atoms with Crippen LogP contribution in [0.4, 0.5) is 0 Å². The summed E-state index contributed by atoms with van der Waals surface area (Å²) in [7, 11) is 3.17. The molecule has 0 unspecified atom stereocenters. The third-order valence-electron chi connectivity index (χ3n) is 4.83. The van der Waals surface area contributed by atoms with Gasteiger partial charge in [0, 0.05) is 31.3 Å². The standard InChI is InChI=1S/C20H21N5O3S/c1-27-17-9-16(10-18(11-17)28-2)25-20(21-22-23-25)29-13-19(26)24-8-7-14-5-3-4-6-15(14)12-24/h3-6,9-11H,7-8,12-13H2,1-2H3. The molecule has 0 saturated heterocycles. The summed E-state index contributed by atoms with van der Waals surface area (Å²) in [6.45, 7) is 1.38. The van der Waals surface area contributed by atoms with Crippen LogP contribution in [-0.2, 0) is 17.8 Å². The first kappa shape index (κ1) is 19.3. The molecule has 4 rings (SSSR count). The molecule has 1 amide bonds. The Morgan fingerprint density at radius 3 is 2.55 bits per heavy atom. The number of aromatic nitrogens is 4. The van der Waals surface area contributed by atoms with Crippen molar-refractivity contribution in [2.45, 2.75) is 18.1 Å². The van der Waals surface area contributed by atoms with Crippen LogP contribution in [0.2, 0.25) is 0 Å². The maximum absolute atomic E-state index is 12.7. The third kappa shape index (κ3) is 4.19. The average Bonchev–Trinajstić information content (AvgIpc) is 3.25. The lowest BCUT2D eigenvalue weighted by Gasteiger charge is -2.28. The molecule has 0 bridgehead atoms. The molecule has 0 fully saturated rings. The van der Waals surface area contributed by atoms with E-state index in [0.717, 1.165) is 13.0 Å². The van der Waals surface area contributed by atoms with Gasteiger partial charge in [0.15, 0.2) is 0 Å². The number of carbonyl (C=O) groups is 1. The molecule has 2 heterocycles. The van der Waals surface area contributed by atoms with Crippen molar-refractivity contribution in [1.29, 1.82) is 0 Å². The third-order valence-corrected chi connectivity index (χ3v) is 5.73. The lowest BCUT2D eigenvalue weighted by molar-refractivity contribution is -0.129. The van der Waals surface area contributed by atoms with E-state index in [1.807, 2.05) is 29.2 Å². The van der Waals surface area contributed by atoms with E-state index in [1.54, 1.807) is 25.0 Å². The molecule has 1 aliphatic heterocycles. The topological polar surface area (TPSA) is 82.4 Å². The summed E-state index contributed by atoms with van der Waals surface area (Å²) in [4.78, 5) is 14.6. The highest BCUT2D eigenvalue weighted by atomic mass is 32.2. The highest BCUT2D eigenvalue weighted by molar-refractivity contribution is 7.99. The molecule has 1 aromatic heterocycles. The highest BCUT2D eigenvalue weighted by Gasteiger charge is 2.21. The molecule has 1 aliphatic rings. The van der Waals surface area contributed by atoms with Gasteiger partial charge in [0.2, 0.25) is 11.1 Å². The minimum atomic E-state index is 0.0716. The number of fused-ring (bicyclic) bond motifs is 1. The molecule has 0 radical (unpaired) electrons. The number of ether oxygens (including phenoxy) is 2. The van der Waals surface area contributed by atoms with E-state index in [-0.39, 0.29) is 11.7 Å². The van der Waals surface area contributed by atoms with Crippen LogP contribution in [0.5, 0.6) is 11.5 Å². The quantitative estimate of drug-likeness (QED) is 0.576. The zero-order valence-corrected chi connectivity index (χ0v) is 17.1. The fraction of sp³-hybridized carbons (Fsp3) is 0.300. The minimum Gasteiger partial charge on any atom is -0.497 e. The van der Waals surface area contributed by atoms with Gasteiger partial charge in [-0.25, -0.2) is 0 Å². The van der Waals surface area contributed by atoms with E-state index in [2.05, 4.69) is 27.7 Å². The second kappa shape index (κ2) is 8.52. The predicted octanol–water partition coefficient (Wildman–Crippen LogP) is 2.36. The van der Waals surface area contributed by atoms with Crippen molar-refractivity contribution in [3.8, 4) is 17.2 Å². The first-order chi connectivity index (χ1) is 14.2. The van der Waals surface area contributed by atoms with Crippen LogP contribution >= 0.6 is 11.8 Å². The maximum Gasteiger partial charge on any atom is 0.233 e. The fourth-order valence-corrected chi connectivity index (χ4v) is 4.07. The van der Waals surface area contributed by atoms with Crippen molar-refractivity contribution in [1.82, 2.24) is 25.1 Å². The van der Waals surface area contributed by atoms with Gasteiger partial charge in [0.1, 0.15) is 11.5 Å². The lowest BCUT2D eigenvalue weighted by atomic mass is 10.00. The van der Waals surface area contributed by atoms with E-state index in [4.69, 9.17) is 9.47 Å². The van der Waals surface area contributed by atoms with Crippen LogP contribution in [0.1, 0.15) is 11.1 Å². The number of carbonyl (C=O) groups excluding carboxylic acids is 1. The molecule has 9 heteroatoms. The number of rotatable bonds is 6. The van der Waals surface area contributed by atoms with Crippen LogP contribution in [0.15, 0.2) is 47.6 Å². The van der Waals surface area contributed by atoms with Gasteiger partial charge in [0.25, 0.3) is 0 Å². The Bertz CT molecular complexity index is 1000. The lowest BCUT2D eigenvalue weighted by Crippen LogP contribution is -2.37. The number of hydrogen-bond donors (Lipinski definition) is 0. The van der Waals surface area contributed by atoms with Gasteiger partial charge in [-0.1, -0.05) is 36.0 Å². The van der Waals surface area contributed by atoms with Crippen LogP contribution < -0.4 is 9.47 Å². The van der Waals surface area contributed by atoms with E-state index < -0.39 is 0 Å². The summed E-state index contributed by atoms with van der Waals surface area (Å²) >= 11 is 1.31. The molecule has 0 atom stereocenters. The largest absolute Gasteiger partial charge is 0.497 e. The molecular weight excluding hydrogens is 390 g/mol. The summed E-state index contributed by atoms with van der Waals surface area (Å²) in [5.41, 5.74) is 3.23. The second-order valence-corrected chi connectivity index (χ2v) is 7.51. The normalized spacial score (nSPS) is 13.1. The van der Waals surface area contributed by atoms with Crippen molar-refractivity contribution in [3.63, 3.8) is 0 Å². The zero-order chi connectivity index (χ0) is 20.2. The molecular formula is C20H21N5O3S. The smallest absolute Gasteiger partial charge is 0.233 e. The zero-order valence-electron chi connectivity index (χ0n) is 16.2. The first-order valence-corrected chi connectivity index (χ1v) is 10.2. The molecule has 8 nitrogen and oxygen atoms in total. The van der Waals surface area contributed by atoms with Crippen LogP contribution in [0.3, 0.4) is 0 Å². The Labute approximate surface area is 172 Å². The molecule has 0 spiro atoms. The van der Waals surface area contributed by atoms with E-state index in [0.29, 0.717) is 28.9 Å². The minimum absolute atomic E-state index is 0.0716. The SMILES string of the molecule is COc1cc(OC)cc(-n2nnnc2SCC(=O)N2CCc3ccccc3C2)c1. The molecule has 0 N–H and O–H groups in total. The Morgan fingerprint density at radius 1 is 1.10 bits per heavy atom. The Balaban J connectivity index is 1.46. The number of nitrogens with zero attached hydrogens (tertiary/aromatic N) is 5. The van der Waals surface area contributed by atoms with Gasteiger partial charge in [-0.3, -0.25) is 4.79 Å². The van der Waals surface area contributed by atoms with E-state index in [9.17, 15) is 4.79 Å². The van der Waals surface area contributed by atoms with Crippen molar-refractivity contribution in [2.75, 3.05) is 26.5 Å². The molecule has 3 aromatic rings. The Kier molecular flexibility index (Phi) is 5.66. The molecule has 0 aliphatic carbocycles. The Hall–Kier alpha value is -3.07. The number of benzene rings is 2. The van der Waals surface area contributed by atoms with Gasteiger partial charge in [-0.15, -0.1) is 5.10 Å². The summed E-state index contributed by atoms with van der Waals surface area (Å²) in [5, 5.41) is 12.4. The number of thioether (sulfide) groups is 1. The predicted molar refractivity (Wildman–Crippen MR) is 109 cm³/mol. The highest BCUT2D eigenvalue weighted by Crippen LogP contribution is 2.27. The van der Waals surface area contributed by atoms with Crippen LogP contribution in [0.25, 0.3) is 5.69 Å². The van der Waals surface area contributed by atoms with Crippen molar-refractivity contribution >= 4 is 17.7 Å². The summed E-state index contributed by atoms with van der Waals surface area (Å²) in [5.74, 6) is 1.61. The second-order valence-electron chi connectivity index (χ2n) is 6.57. The van der Waals surface area contributed by atoms with Crippen LogP contribution in [-0.4, -0.2) is 57.5 Å². The van der Waals surface area contributed by atoms with E-state index in [1.165, 1.54) is 22.9 Å². The first-order valence-electron chi connectivity index (χ1n) is 9.17. The number of tetrazole rings is 1. The Morgan fingerprint density at radius 2 is 1.83 bits per heavy atom. The summed E-state index contributed by atoms with van der Waals surface area (Å²) in [6.07, 6.45) is 0.883. The summed E-state index contributed by atoms with van der Waals surface area (Å²) in [6, 6.07) is 13.7. The number of amides is 1. The molecule has 150 valence electrons. The summed E-state index contributed by atoms with van der Waals surface area (Å²) < 4.78 is 12.2. The van der Waals surface area contributed by atoms with Gasteiger partial charge in [0.05, 0.1) is 25.7 Å². The average molecular weight is 411 g/mol. The molecule has 29 heavy (non-hydrogen) atoms. The monoisotopic (exact) mass is 411 g/mol. The van der Waals surface area contributed by atoms with Gasteiger partial charge < -0.3 is 14.4 Å². The maximum atomic E-state index is 12.7. The van der Waals surface area contributed by atoms with Crippen molar-refractivity contribution in [2.24, 2.45) is 0 Å². The molecule has 0 saturated carbocycles. The number of hydrogen-bond acceptors (Lipinski definition) is 7.